The van der Waals surface area contributed by atoms with Crippen molar-refractivity contribution in [2.75, 3.05) is 13.7 Å². The Balaban J connectivity index is 2.38. The zero-order valence-corrected chi connectivity index (χ0v) is 9.23. The lowest BCUT2D eigenvalue weighted by molar-refractivity contribution is 0.163. The molecule has 0 bridgehead atoms. The molecule has 0 aliphatic heterocycles. The van der Waals surface area contributed by atoms with Gasteiger partial charge in [-0.2, -0.15) is 0 Å². The summed E-state index contributed by atoms with van der Waals surface area (Å²) in [6, 6.07) is 3.80. The number of pyridine rings is 1. The standard InChI is InChI=1S/C11H18N2O2/c1-3-9(8-15-2)12-6-10-4-5-11(14)7-13-10/h4-5,7,9,12,14H,3,6,8H2,1-2H3. The van der Waals surface area contributed by atoms with E-state index in [1.165, 1.54) is 6.20 Å². The molecule has 0 aliphatic rings. The number of hydrogen-bond donors (Lipinski definition) is 2. The van der Waals surface area contributed by atoms with Gasteiger partial charge in [0, 0.05) is 19.7 Å². The van der Waals surface area contributed by atoms with Gasteiger partial charge >= 0.3 is 0 Å². The fraction of sp³-hybridized carbons (Fsp3) is 0.545. The van der Waals surface area contributed by atoms with Crippen LogP contribution in [-0.4, -0.2) is 29.8 Å². The van der Waals surface area contributed by atoms with Gasteiger partial charge in [-0.25, -0.2) is 0 Å². The van der Waals surface area contributed by atoms with E-state index in [9.17, 15) is 0 Å². The molecule has 0 spiro atoms. The maximum atomic E-state index is 9.06. The van der Waals surface area contributed by atoms with Crippen LogP contribution in [0.2, 0.25) is 0 Å². The summed E-state index contributed by atoms with van der Waals surface area (Å²) >= 11 is 0. The first-order valence-corrected chi connectivity index (χ1v) is 5.12. The Morgan fingerprint density at radius 2 is 2.33 bits per heavy atom. The second kappa shape index (κ2) is 6.37. The van der Waals surface area contributed by atoms with Gasteiger partial charge in [0.15, 0.2) is 0 Å². The largest absolute Gasteiger partial charge is 0.506 e. The van der Waals surface area contributed by atoms with Gasteiger partial charge in [0.2, 0.25) is 0 Å². The summed E-state index contributed by atoms with van der Waals surface area (Å²) in [5, 5.41) is 12.4. The molecule has 1 rings (SSSR count). The third-order valence-corrected chi connectivity index (χ3v) is 2.24. The third-order valence-electron chi connectivity index (χ3n) is 2.24. The molecule has 1 aromatic rings. The summed E-state index contributed by atoms with van der Waals surface area (Å²) in [5.41, 5.74) is 0.919. The van der Waals surface area contributed by atoms with Crippen LogP contribution in [0.4, 0.5) is 0 Å². The summed E-state index contributed by atoms with van der Waals surface area (Å²) < 4.78 is 5.08. The Morgan fingerprint density at radius 3 is 2.87 bits per heavy atom. The number of hydrogen-bond acceptors (Lipinski definition) is 4. The summed E-state index contributed by atoms with van der Waals surface area (Å²) in [5.74, 6) is 0.197. The molecule has 0 saturated carbocycles. The van der Waals surface area contributed by atoms with E-state index in [0.717, 1.165) is 12.1 Å². The van der Waals surface area contributed by atoms with E-state index in [0.29, 0.717) is 19.2 Å². The minimum Gasteiger partial charge on any atom is -0.506 e. The van der Waals surface area contributed by atoms with E-state index in [2.05, 4.69) is 17.2 Å². The van der Waals surface area contributed by atoms with Crippen molar-refractivity contribution in [3.8, 4) is 5.75 Å². The Labute approximate surface area is 90.3 Å². The lowest BCUT2D eigenvalue weighted by atomic mass is 10.2. The predicted molar refractivity (Wildman–Crippen MR) is 58.7 cm³/mol. The molecule has 1 atom stereocenters. The van der Waals surface area contributed by atoms with Gasteiger partial charge in [0.1, 0.15) is 5.75 Å². The molecule has 1 unspecified atom stereocenters. The fourth-order valence-corrected chi connectivity index (χ4v) is 1.29. The van der Waals surface area contributed by atoms with E-state index in [1.807, 2.05) is 6.07 Å². The van der Waals surface area contributed by atoms with Crippen molar-refractivity contribution in [3.05, 3.63) is 24.0 Å². The van der Waals surface area contributed by atoms with Crippen LogP contribution in [-0.2, 0) is 11.3 Å². The van der Waals surface area contributed by atoms with E-state index in [4.69, 9.17) is 9.84 Å². The Morgan fingerprint density at radius 1 is 1.53 bits per heavy atom. The number of methoxy groups -OCH3 is 1. The lowest BCUT2D eigenvalue weighted by Crippen LogP contribution is -2.32. The molecule has 84 valence electrons. The molecule has 0 radical (unpaired) electrons. The van der Waals surface area contributed by atoms with Crippen LogP contribution in [0.3, 0.4) is 0 Å². The Bertz CT molecular complexity index is 274. The molecular weight excluding hydrogens is 192 g/mol. The normalized spacial score (nSPS) is 12.7. The molecular formula is C11H18N2O2. The monoisotopic (exact) mass is 210 g/mol. The first-order valence-electron chi connectivity index (χ1n) is 5.12. The average Bonchev–Trinajstić information content (AvgIpc) is 2.26. The zero-order chi connectivity index (χ0) is 11.1. The molecule has 0 fully saturated rings. The number of nitrogens with one attached hydrogen (secondary N) is 1. The van der Waals surface area contributed by atoms with Crippen molar-refractivity contribution in [3.63, 3.8) is 0 Å². The summed E-state index contributed by atoms with van der Waals surface area (Å²) in [7, 11) is 1.70. The van der Waals surface area contributed by atoms with Gasteiger partial charge in [0.25, 0.3) is 0 Å². The highest BCUT2D eigenvalue weighted by Gasteiger charge is 2.04. The molecule has 0 amide bonds. The molecule has 1 heterocycles. The van der Waals surface area contributed by atoms with Crippen molar-refractivity contribution in [2.24, 2.45) is 0 Å². The van der Waals surface area contributed by atoms with Crippen LogP contribution >= 0.6 is 0 Å². The number of ether oxygens (including phenoxy) is 1. The van der Waals surface area contributed by atoms with Gasteiger partial charge in [-0.15, -0.1) is 0 Å². The Kier molecular flexibility index (Phi) is 5.07. The topological polar surface area (TPSA) is 54.4 Å². The summed E-state index contributed by atoms with van der Waals surface area (Å²) in [4.78, 5) is 4.09. The van der Waals surface area contributed by atoms with Gasteiger partial charge < -0.3 is 15.2 Å². The van der Waals surface area contributed by atoms with Crippen molar-refractivity contribution in [1.29, 1.82) is 0 Å². The fourth-order valence-electron chi connectivity index (χ4n) is 1.29. The average molecular weight is 210 g/mol. The highest BCUT2D eigenvalue weighted by molar-refractivity contribution is 5.17. The van der Waals surface area contributed by atoms with Crippen LogP contribution in [0, 0.1) is 0 Å². The zero-order valence-electron chi connectivity index (χ0n) is 9.23. The first kappa shape index (κ1) is 11.9. The first-order chi connectivity index (χ1) is 7.26. The number of aromatic hydroxyl groups is 1. The minimum absolute atomic E-state index is 0.197. The summed E-state index contributed by atoms with van der Waals surface area (Å²) in [6.45, 7) is 3.51. The SMILES string of the molecule is CCC(COC)NCc1ccc(O)cn1. The molecule has 0 saturated heterocycles. The van der Waals surface area contributed by atoms with Crippen LogP contribution in [0.5, 0.6) is 5.75 Å². The molecule has 1 aromatic heterocycles. The van der Waals surface area contributed by atoms with E-state index < -0.39 is 0 Å². The lowest BCUT2D eigenvalue weighted by Gasteiger charge is -2.15. The van der Waals surface area contributed by atoms with Crippen molar-refractivity contribution < 1.29 is 9.84 Å². The van der Waals surface area contributed by atoms with Crippen LogP contribution in [0.25, 0.3) is 0 Å². The molecule has 4 nitrogen and oxygen atoms in total. The molecule has 0 aromatic carbocycles. The van der Waals surface area contributed by atoms with Crippen LogP contribution < -0.4 is 5.32 Å². The second-order valence-corrected chi connectivity index (χ2v) is 3.45. The molecule has 0 aliphatic carbocycles. The van der Waals surface area contributed by atoms with Crippen LogP contribution in [0.15, 0.2) is 18.3 Å². The van der Waals surface area contributed by atoms with E-state index in [-0.39, 0.29) is 5.75 Å². The van der Waals surface area contributed by atoms with Crippen molar-refractivity contribution in [2.45, 2.75) is 25.9 Å². The Hall–Kier alpha value is -1.13. The van der Waals surface area contributed by atoms with Gasteiger partial charge in [-0.3, -0.25) is 4.98 Å². The maximum absolute atomic E-state index is 9.06. The number of rotatable bonds is 6. The quantitative estimate of drug-likeness (QED) is 0.743. The van der Waals surface area contributed by atoms with Crippen LogP contribution in [0.1, 0.15) is 19.0 Å². The second-order valence-electron chi connectivity index (χ2n) is 3.45. The third kappa shape index (κ3) is 4.27. The highest BCUT2D eigenvalue weighted by atomic mass is 16.5. The molecule has 2 N–H and O–H groups in total. The predicted octanol–water partition coefficient (Wildman–Crippen LogP) is 1.30. The van der Waals surface area contributed by atoms with Crippen molar-refractivity contribution >= 4 is 0 Å². The van der Waals surface area contributed by atoms with Gasteiger partial charge in [0.05, 0.1) is 18.5 Å². The number of nitrogens with zero attached hydrogens (tertiary/aromatic N) is 1. The van der Waals surface area contributed by atoms with Gasteiger partial charge in [-0.05, 0) is 18.6 Å². The van der Waals surface area contributed by atoms with Gasteiger partial charge in [-0.1, -0.05) is 6.92 Å². The van der Waals surface area contributed by atoms with E-state index in [1.54, 1.807) is 13.2 Å². The smallest absolute Gasteiger partial charge is 0.133 e. The van der Waals surface area contributed by atoms with Crippen molar-refractivity contribution in [1.82, 2.24) is 10.3 Å². The number of aromatic nitrogens is 1. The highest BCUT2D eigenvalue weighted by Crippen LogP contribution is 2.05. The van der Waals surface area contributed by atoms with E-state index >= 15 is 0 Å². The molecule has 4 heteroatoms. The minimum atomic E-state index is 0.197. The maximum Gasteiger partial charge on any atom is 0.133 e. The summed E-state index contributed by atoms with van der Waals surface area (Å²) in [6.07, 6.45) is 2.47. The molecule has 15 heavy (non-hydrogen) atoms.